The first-order chi connectivity index (χ1) is 13.9. The number of thiol groups is 1. The Morgan fingerprint density at radius 1 is 1.13 bits per heavy atom. The van der Waals surface area contributed by atoms with E-state index in [1.807, 2.05) is 7.05 Å². The van der Waals surface area contributed by atoms with Gasteiger partial charge in [0.15, 0.2) is 5.12 Å². The first kappa shape index (κ1) is 23.8. The Kier molecular flexibility index (Phi) is 8.82. The van der Waals surface area contributed by atoms with E-state index in [1.165, 1.54) is 0 Å². The van der Waals surface area contributed by atoms with Crippen molar-refractivity contribution in [1.82, 2.24) is 30.1 Å². The van der Waals surface area contributed by atoms with Crippen molar-refractivity contribution in [1.29, 1.82) is 0 Å². The molecule has 0 saturated carbocycles. The quantitative estimate of drug-likeness (QED) is 0.603. The molecule has 1 fully saturated rings. The summed E-state index contributed by atoms with van der Waals surface area (Å²) in [6.45, 7) is 2.76. The summed E-state index contributed by atoms with van der Waals surface area (Å²) < 4.78 is 1.58. The number of amides is 2. The fourth-order valence-electron chi connectivity index (χ4n) is 3.13. The van der Waals surface area contributed by atoms with Crippen LogP contribution in [0.25, 0.3) is 5.69 Å². The third-order valence-corrected chi connectivity index (χ3v) is 5.11. The van der Waals surface area contributed by atoms with Crippen LogP contribution >= 0.6 is 25.0 Å². The second kappa shape index (κ2) is 11.1. The fourth-order valence-corrected chi connectivity index (χ4v) is 3.25. The molecule has 0 aliphatic carbocycles. The van der Waals surface area contributed by atoms with Gasteiger partial charge in [-0.2, -0.15) is 0 Å². The summed E-state index contributed by atoms with van der Waals surface area (Å²) in [5.41, 5.74) is 1.19. The largest absolute Gasteiger partial charge is 0.340 e. The fraction of sp³-hybridized carbons (Fsp3) is 0.421. The molecule has 1 saturated heterocycles. The molecular formula is C19H25ClN6O3S. The Bertz CT molecular complexity index is 854. The van der Waals surface area contributed by atoms with E-state index >= 15 is 0 Å². The summed E-state index contributed by atoms with van der Waals surface area (Å²) >= 11 is 3.78. The van der Waals surface area contributed by atoms with Crippen LogP contribution in [0.2, 0.25) is 0 Å². The van der Waals surface area contributed by atoms with Crippen molar-refractivity contribution in [3.05, 3.63) is 42.2 Å². The molecule has 162 valence electrons. The number of likely N-dealkylation sites (N-methyl/N-ethyl adjacent to an activating group) is 1. The van der Waals surface area contributed by atoms with E-state index in [0.717, 1.165) is 18.8 Å². The topological polar surface area (TPSA) is 100 Å². The predicted molar refractivity (Wildman–Crippen MR) is 117 cm³/mol. The van der Waals surface area contributed by atoms with E-state index in [4.69, 9.17) is 0 Å². The zero-order chi connectivity index (χ0) is 20.8. The molecule has 2 heterocycles. The number of carbonyl (C=O) groups excluding carboxylic acids is 3. The third kappa shape index (κ3) is 6.28. The van der Waals surface area contributed by atoms with Crippen LogP contribution in [0.1, 0.15) is 23.2 Å². The van der Waals surface area contributed by atoms with Gasteiger partial charge in [0, 0.05) is 38.2 Å². The first-order valence-corrected chi connectivity index (χ1v) is 9.85. The maximum Gasteiger partial charge on any atom is 0.251 e. The zero-order valence-electron chi connectivity index (χ0n) is 16.6. The van der Waals surface area contributed by atoms with Crippen LogP contribution in [0.15, 0.2) is 36.7 Å². The highest BCUT2D eigenvalue weighted by atomic mass is 35.5. The highest BCUT2D eigenvalue weighted by Crippen LogP contribution is 2.11. The molecule has 0 bridgehead atoms. The number of aromatic nitrogens is 3. The summed E-state index contributed by atoms with van der Waals surface area (Å²) in [7, 11) is 2.00. The monoisotopic (exact) mass is 452 g/mol. The van der Waals surface area contributed by atoms with Gasteiger partial charge in [-0.15, -0.1) is 30.1 Å². The van der Waals surface area contributed by atoms with Gasteiger partial charge in [-0.3, -0.25) is 14.4 Å². The van der Waals surface area contributed by atoms with E-state index < -0.39 is 6.04 Å². The van der Waals surface area contributed by atoms with E-state index in [-0.39, 0.29) is 42.2 Å². The van der Waals surface area contributed by atoms with Gasteiger partial charge in [0.25, 0.3) is 5.91 Å². The van der Waals surface area contributed by atoms with Gasteiger partial charge in [0.2, 0.25) is 5.91 Å². The maximum atomic E-state index is 12.9. The lowest BCUT2D eigenvalue weighted by Gasteiger charge is -2.34. The van der Waals surface area contributed by atoms with Crippen LogP contribution < -0.4 is 5.32 Å². The number of hydrogen-bond acceptors (Lipinski definition) is 6. The molecule has 11 heteroatoms. The highest BCUT2D eigenvalue weighted by molar-refractivity contribution is 7.96. The molecular weight excluding hydrogens is 428 g/mol. The predicted octanol–water partition coefficient (Wildman–Crippen LogP) is 0.798. The Morgan fingerprint density at radius 3 is 2.37 bits per heavy atom. The lowest BCUT2D eigenvalue weighted by molar-refractivity contribution is -0.135. The van der Waals surface area contributed by atoms with Gasteiger partial charge in [0.05, 0.1) is 18.1 Å². The van der Waals surface area contributed by atoms with Crippen molar-refractivity contribution < 1.29 is 14.4 Å². The van der Waals surface area contributed by atoms with Crippen LogP contribution in [-0.4, -0.2) is 81.0 Å². The number of piperazine rings is 1. The summed E-state index contributed by atoms with van der Waals surface area (Å²) in [5, 5.41) is 10.1. The minimum absolute atomic E-state index is 0. The molecule has 0 radical (unpaired) electrons. The van der Waals surface area contributed by atoms with Gasteiger partial charge in [-0.05, 0) is 37.7 Å². The Hall–Kier alpha value is -2.43. The van der Waals surface area contributed by atoms with Crippen LogP contribution in [-0.2, 0) is 9.59 Å². The van der Waals surface area contributed by atoms with Crippen molar-refractivity contribution in [2.75, 3.05) is 33.2 Å². The number of carbonyl (C=O) groups is 3. The second-order valence-electron chi connectivity index (χ2n) is 6.98. The molecule has 0 spiro atoms. The standard InChI is InChI=1S/C19H24N6O3S.ClH/c1-23-10-12-24(13-11-23)19(28)16(6-7-17(26)29)21-18(27)14-2-4-15(5-3-14)25-9-8-20-22-25;/h2-5,8-9,16H,6-7,10-13H2,1H3,(H,21,27)(H,26,29);1H/t16-;/m0./s1. The van der Waals surface area contributed by atoms with Gasteiger partial charge in [0.1, 0.15) is 6.04 Å². The van der Waals surface area contributed by atoms with Gasteiger partial charge in [-0.25, -0.2) is 4.68 Å². The molecule has 30 heavy (non-hydrogen) atoms. The second-order valence-corrected chi connectivity index (χ2v) is 7.48. The minimum atomic E-state index is -0.767. The number of rotatable bonds is 7. The molecule has 1 N–H and O–H groups in total. The maximum absolute atomic E-state index is 12.9. The van der Waals surface area contributed by atoms with Crippen molar-refractivity contribution >= 4 is 42.0 Å². The average Bonchev–Trinajstić information content (AvgIpc) is 3.26. The summed E-state index contributed by atoms with van der Waals surface area (Å²) in [6, 6.07) is 6.05. The lowest BCUT2D eigenvalue weighted by atomic mass is 10.1. The van der Waals surface area contributed by atoms with Crippen LogP contribution in [0, 0.1) is 0 Å². The van der Waals surface area contributed by atoms with E-state index in [9.17, 15) is 14.4 Å². The summed E-state index contributed by atoms with van der Waals surface area (Å²) in [4.78, 5) is 40.8. The van der Waals surface area contributed by atoms with Crippen molar-refractivity contribution in [2.45, 2.75) is 18.9 Å². The Balaban J connectivity index is 0.00000320. The molecule has 2 amide bonds. The molecule has 1 aromatic carbocycles. The van der Waals surface area contributed by atoms with E-state index in [2.05, 4.69) is 33.2 Å². The highest BCUT2D eigenvalue weighted by Gasteiger charge is 2.28. The number of benzene rings is 1. The summed E-state index contributed by atoms with van der Waals surface area (Å²) in [6.07, 6.45) is 3.60. The Morgan fingerprint density at radius 2 is 1.80 bits per heavy atom. The van der Waals surface area contributed by atoms with E-state index in [1.54, 1.807) is 46.2 Å². The number of halogens is 1. The third-order valence-electron chi connectivity index (χ3n) is 4.88. The molecule has 1 atom stereocenters. The van der Waals surface area contributed by atoms with Gasteiger partial charge < -0.3 is 15.1 Å². The van der Waals surface area contributed by atoms with E-state index in [0.29, 0.717) is 18.7 Å². The Labute approximate surface area is 186 Å². The molecule has 1 aliphatic rings. The normalized spacial score (nSPS) is 15.2. The molecule has 1 aliphatic heterocycles. The minimum Gasteiger partial charge on any atom is -0.340 e. The van der Waals surface area contributed by atoms with Crippen LogP contribution in [0.5, 0.6) is 0 Å². The first-order valence-electron chi connectivity index (χ1n) is 9.41. The van der Waals surface area contributed by atoms with Crippen LogP contribution in [0.4, 0.5) is 0 Å². The smallest absolute Gasteiger partial charge is 0.251 e. The van der Waals surface area contributed by atoms with Crippen molar-refractivity contribution in [3.63, 3.8) is 0 Å². The SMILES string of the molecule is CN1CCN(C(=O)[C@H](CCC(=O)S)NC(=O)c2ccc(-n3ccnn3)cc2)CC1.Cl. The summed E-state index contributed by atoms with van der Waals surface area (Å²) in [5.74, 6) is -0.533. The number of nitrogens with zero attached hydrogens (tertiary/aromatic N) is 5. The lowest BCUT2D eigenvalue weighted by Crippen LogP contribution is -2.54. The number of hydrogen-bond donors (Lipinski definition) is 2. The zero-order valence-corrected chi connectivity index (χ0v) is 18.3. The molecule has 9 nitrogen and oxygen atoms in total. The number of nitrogens with one attached hydrogen (secondary N) is 1. The van der Waals surface area contributed by atoms with Gasteiger partial charge >= 0.3 is 0 Å². The van der Waals surface area contributed by atoms with Gasteiger partial charge in [-0.1, -0.05) is 5.21 Å². The molecule has 3 rings (SSSR count). The van der Waals surface area contributed by atoms with Crippen LogP contribution in [0.3, 0.4) is 0 Å². The molecule has 0 unspecified atom stereocenters. The average molecular weight is 453 g/mol. The van der Waals surface area contributed by atoms with Crippen molar-refractivity contribution in [2.24, 2.45) is 0 Å². The molecule has 1 aromatic heterocycles. The van der Waals surface area contributed by atoms with Crippen molar-refractivity contribution in [3.8, 4) is 5.69 Å². The molecule has 2 aromatic rings.